The van der Waals surface area contributed by atoms with Crippen molar-refractivity contribution in [1.29, 1.82) is 0 Å². The molecule has 2 atom stereocenters. The van der Waals surface area contributed by atoms with Crippen molar-refractivity contribution < 1.29 is 22.7 Å². The molecule has 162 valence electrons. The number of carbonyl (C=O) groups excluding carboxylic acids is 2. The molecule has 0 N–H and O–H groups in total. The van der Waals surface area contributed by atoms with E-state index in [-0.39, 0.29) is 36.6 Å². The summed E-state index contributed by atoms with van der Waals surface area (Å²) in [6.07, 6.45) is 1.52. The van der Waals surface area contributed by atoms with E-state index in [0.717, 1.165) is 24.3 Å². The Balaban J connectivity index is 1.77. The molecule has 0 spiro atoms. The highest BCUT2D eigenvalue weighted by Gasteiger charge is 2.22. The second-order valence-electron chi connectivity index (χ2n) is 8.29. The molecule has 0 amide bonds. The average Bonchev–Trinajstić information content (AvgIpc) is 2.61. The van der Waals surface area contributed by atoms with Crippen molar-refractivity contribution in [3.63, 3.8) is 0 Å². The van der Waals surface area contributed by atoms with Gasteiger partial charge in [-0.15, -0.1) is 0 Å². The number of ether oxygens (including phenoxy) is 1. The first-order valence-corrected chi connectivity index (χ1v) is 12.0. The fourth-order valence-corrected chi connectivity index (χ4v) is 4.40. The third-order valence-electron chi connectivity index (χ3n) is 5.11. The Morgan fingerprint density at radius 2 is 1.59 bits per heavy atom. The molecule has 1 fully saturated rings. The van der Waals surface area contributed by atoms with Crippen LogP contribution in [0.15, 0.2) is 24.3 Å². The van der Waals surface area contributed by atoms with Crippen molar-refractivity contribution in [2.75, 3.05) is 23.7 Å². The highest BCUT2D eigenvalue weighted by atomic mass is 32.2. The maximum atomic E-state index is 12.2. The van der Waals surface area contributed by atoms with E-state index in [4.69, 9.17) is 4.74 Å². The second kappa shape index (κ2) is 10.3. The van der Waals surface area contributed by atoms with Gasteiger partial charge in [0.25, 0.3) is 0 Å². The zero-order chi connectivity index (χ0) is 21.6. The third kappa shape index (κ3) is 7.55. The Bertz CT molecular complexity index is 791. The number of rotatable bonds is 10. The van der Waals surface area contributed by atoms with Crippen LogP contribution in [-0.2, 0) is 30.6 Å². The maximum Gasteiger partial charge on any atom is 0.159 e. The summed E-state index contributed by atoms with van der Waals surface area (Å²) in [7, 11) is -3.36. The number of ketones is 2. The lowest BCUT2D eigenvalue weighted by Gasteiger charge is -2.36. The van der Waals surface area contributed by atoms with Crippen LogP contribution in [-0.4, -0.2) is 56.3 Å². The van der Waals surface area contributed by atoms with Gasteiger partial charge in [-0.2, -0.15) is 0 Å². The predicted octanol–water partition coefficient (Wildman–Crippen LogP) is 2.97. The van der Waals surface area contributed by atoms with Crippen LogP contribution in [0.25, 0.3) is 0 Å². The quantitative estimate of drug-likeness (QED) is 0.576. The summed E-state index contributed by atoms with van der Waals surface area (Å²) in [4.78, 5) is 26.3. The molecule has 1 aliphatic heterocycles. The van der Waals surface area contributed by atoms with Crippen molar-refractivity contribution in [2.24, 2.45) is 0 Å². The Kier molecular flexibility index (Phi) is 8.40. The van der Waals surface area contributed by atoms with Gasteiger partial charge < -0.3 is 9.64 Å². The number of sulfone groups is 1. The molecule has 0 aromatic heterocycles. The molecule has 0 saturated carbocycles. The van der Waals surface area contributed by atoms with Crippen molar-refractivity contribution in [3.8, 4) is 0 Å². The number of carbonyl (C=O) groups is 2. The molecule has 1 aromatic rings. The smallest absolute Gasteiger partial charge is 0.159 e. The lowest BCUT2D eigenvalue weighted by atomic mass is 10.0. The number of hydrogen-bond donors (Lipinski definition) is 0. The first-order chi connectivity index (χ1) is 13.6. The van der Waals surface area contributed by atoms with E-state index in [1.165, 1.54) is 0 Å². The maximum absolute atomic E-state index is 12.2. The molecule has 0 radical (unpaired) electrons. The average molecular weight is 424 g/mol. The number of hydrogen-bond acceptors (Lipinski definition) is 6. The van der Waals surface area contributed by atoms with Gasteiger partial charge in [0.05, 0.1) is 17.5 Å². The highest BCUT2D eigenvalue weighted by Crippen LogP contribution is 2.21. The molecule has 0 bridgehead atoms. The molecule has 1 saturated heterocycles. The third-order valence-corrected chi connectivity index (χ3v) is 7.27. The summed E-state index contributed by atoms with van der Waals surface area (Å²) in [5.41, 5.74) is 2.07. The number of anilines is 1. The molecule has 1 aliphatic rings. The molecule has 2 rings (SSSR count). The topological polar surface area (TPSA) is 80.8 Å². The lowest BCUT2D eigenvalue weighted by molar-refractivity contribution is -0.119. The van der Waals surface area contributed by atoms with E-state index in [1.54, 1.807) is 13.8 Å². The largest absolute Gasteiger partial charge is 0.372 e. The van der Waals surface area contributed by atoms with Crippen molar-refractivity contribution in [2.45, 2.75) is 70.8 Å². The van der Waals surface area contributed by atoms with Crippen LogP contribution in [0.3, 0.4) is 0 Å². The summed E-state index contributed by atoms with van der Waals surface area (Å²) in [5, 5.41) is -0.556. The number of morpholine rings is 1. The van der Waals surface area contributed by atoms with Crippen molar-refractivity contribution >= 4 is 27.1 Å². The van der Waals surface area contributed by atoms with Gasteiger partial charge in [0, 0.05) is 38.0 Å². The first kappa shape index (κ1) is 23.5. The zero-order valence-electron chi connectivity index (χ0n) is 17.9. The highest BCUT2D eigenvalue weighted by molar-refractivity contribution is 7.92. The van der Waals surface area contributed by atoms with E-state index < -0.39 is 20.8 Å². The summed E-state index contributed by atoms with van der Waals surface area (Å²) in [6.45, 7) is 8.97. The Hall–Kier alpha value is -1.73. The molecule has 29 heavy (non-hydrogen) atoms. The summed E-state index contributed by atoms with van der Waals surface area (Å²) < 4.78 is 29.3. The van der Waals surface area contributed by atoms with Crippen LogP contribution in [0.1, 0.15) is 52.5 Å². The summed E-state index contributed by atoms with van der Waals surface area (Å²) in [5.74, 6) is -0.685. The van der Waals surface area contributed by atoms with Gasteiger partial charge in [-0.3, -0.25) is 9.59 Å². The molecular weight excluding hydrogens is 390 g/mol. The fourth-order valence-electron chi connectivity index (χ4n) is 3.48. The normalized spacial score (nSPS) is 20.1. The van der Waals surface area contributed by atoms with Gasteiger partial charge in [-0.1, -0.05) is 12.1 Å². The number of nitrogens with zero attached hydrogens (tertiary/aromatic N) is 1. The van der Waals surface area contributed by atoms with Gasteiger partial charge in [0.15, 0.2) is 9.84 Å². The predicted molar refractivity (Wildman–Crippen MR) is 115 cm³/mol. The van der Waals surface area contributed by atoms with Crippen LogP contribution < -0.4 is 4.90 Å². The minimum atomic E-state index is -3.36. The van der Waals surface area contributed by atoms with Gasteiger partial charge >= 0.3 is 0 Å². The van der Waals surface area contributed by atoms with Crippen LogP contribution >= 0.6 is 0 Å². The van der Waals surface area contributed by atoms with Gasteiger partial charge in [-0.05, 0) is 51.8 Å². The van der Waals surface area contributed by atoms with E-state index in [1.807, 2.05) is 24.3 Å². The molecule has 1 heterocycles. The van der Waals surface area contributed by atoms with Crippen LogP contribution in [0.5, 0.6) is 0 Å². The SMILES string of the molecule is CC(C)S(=O)(=O)CC(=O)CCCC(=O)Cc1ccc(N2C[C@@H](C)O[C@@H](C)C2)cc1. The molecule has 0 unspecified atom stereocenters. The van der Waals surface area contributed by atoms with E-state index in [9.17, 15) is 18.0 Å². The standard InChI is InChI=1S/C22H33NO5S/c1-16(2)29(26,27)15-22(25)7-5-6-21(24)12-19-8-10-20(11-9-19)23-13-17(3)28-18(4)14-23/h8-11,16-18H,5-7,12-15H2,1-4H3/t17-,18+. The van der Waals surface area contributed by atoms with Crippen LogP contribution in [0, 0.1) is 0 Å². The van der Waals surface area contributed by atoms with E-state index in [0.29, 0.717) is 12.8 Å². The number of benzene rings is 1. The second-order valence-corrected chi connectivity index (χ2v) is 10.8. The van der Waals surface area contributed by atoms with E-state index >= 15 is 0 Å². The molecule has 1 aromatic carbocycles. The minimum absolute atomic E-state index is 0.0610. The first-order valence-electron chi connectivity index (χ1n) is 10.3. The number of Topliss-reactive ketones (excluding diaryl/α,β-unsaturated/α-hetero) is 2. The Morgan fingerprint density at radius 3 is 2.14 bits per heavy atom. The monoisotopic (exact) mass is 423 g/mol. The molecular formula is C22H33NO5S. The summed E-state index contributed by atoms with van der Waals surface area (Å²) >= 11 is 0. The van der Waals surface area contributed by atoms with E-state index in [2.05, 4.69) is 18.7 Å². The van der Waals surface area contributed by atoms with Crippen molar-refractivity contribution in [3.05, 3.63) is 29.8 Å². The minimum Gasteiger partial charge on any atom is -0.372 e. The van der Waals surface area contributed by atoms with Gasteiger partial charge in [0.2, 0.25) is 0 Å². The van der Waals surface area contributed by atoms with Crippen molar-refractivity contribution in [1.82, 2.24) is 0 Å². The fraction of sp³-hybridized carbons (Fsp3) is 0.636. The lowest BCUT2D eigenvalue weighted by Crippen LogP contribution is -2.45. The van der Waals surface area contributed by atoms with Gasteiger partial charge in [0.1, 0.15) is 17.3 Å². The Labute approximate surface area is 174 Å². The molecule has 6 nitrogen and oxygen atoms in total. The summed E-state index contributed by atoms with van der Waals surface area (Å²) in [6, 6.07) is 8.01. The van der Waals surface area contributed by atoms with Crippen LogP contribution in [0.4, 0.5) is 5.69 Å². The Morgan fingerprint density at radius 1 is 1.03 bits per heavy atom. The molecule has 0 aliphatic carbocycles. The molecule has 7 heteroatoms. The zero-order valence-corrected chi connectivity index (χ0v) is 18.7. The van der Waals surface area contributed by atoms with Crippen LogP contribution in [0.2, 0.25) is 0 Å². The van der Waals surface area contributed by atoms with Gasteiger partial charge in [-0.25, -0.2) is 8.42 Å².